The Morgan fingerprint density at radius 2 is 1.74 bits per heavy atom. The molecule has 3 aromatic rings. The summed E-state index contributed by atoms with van der Waals surface area (Å²) in [6.07, 6.45) is 0.599. The zero-order valence-electron chi connectivity index (χ0n) is 14.5. The SMILES string of the molecule is FC(F)(F)c1ccccc1CN1CCN(c2ncnc3cnccc23)CC1. The summed E-state index contributed by atoms with van der Waals surface area (Å²) in [6, 6.07) is 7.67. The first-order valence-corrected chi connectivity index (χ1v) is 8.69. The van der Waals surface area contributed by atoms with Gasteiger partial charge in [0.25, 0.3) is 0 Å². The van der Waals surface area contributed by atoms with Crippen LogP contribution < -0.4 is 4.90 Å². The second-order valence-corrected chi connectivity index (χ2v) is 6.51. The summed E-state index contributed by atoms with van der Waals surface area (Å²) in [6.45, 7) is 3.02. The van der Waals surface area contributed by atoms with Crippen molar-refractivity contribution in [2.45, 2.75) is 12.7 Å². The first kappa shape index (κ1) is 17.7. The molecule has 2 aromatic heterocycles. The highest BCUT2D eigenvalue weighted by molar-refractivity contribution is 5.88. The summed E-state index contributed by atoms with van der Waals surface area (Å²) in [5, 5.41) is 0.934. The molecule has 1 aromatic carbocycles. The molecule has 5 nitrogen and oxygen atoms in total. The Kier molecular flexibility index (Phi) is 4.65. The molecule has 140 valence electrons. The van der Waals surface area contributed by atoms with Gasteiger partial charge in [0, 0.05) is 44.3 Å². The van der Waals surface area contributed by atoms with E-state index in [9.17, 15) is 13.2 Å². The number of pyridine rings is 1. The number of rotatable bonds is 3. The molecule has 0 N–H and O–H groups in total. The highest BCUT2D eigenvalue weighted by Gasteiger charge is 2.33. The van der Waals surface area contributed by atoms with Crippen LogP contribution in [0.25, 0.3) is 10.9 Å². The molecule has 0 spiro atoms. The van der Waals surface area contributed by atoms with Crippen molar-refractivity contribution in [2.75, 3.05) is 31.1 Å². The lowest BCUT2D eigenvalue weighted by atomic mass is 10.1. The van der Waals surface area contributed by atoms with E-state index in [4.69, 9.17) is 0 Å². The maximum Gasteiger partial charge on any atom is 0.416 e. The van der Waals surface area contributed by atoms with Crippen LogP contribution in [0.1, 0.15) is 11.1 Å². The molecule has 1 aliphatic rings. The van der Waals surface area contributed by atoms with Crippen LogP contribution >= 0.6 is 0 Å². The third kappa shape index (κ3) is 3.71. The maximum atomic E-state index is 13.2. The fraction of sp³-hybridized carbons (Fsp3) is 0.316. The lowest BCUT2D eigenvalue weighted by Crippen LogP contribution is -2.46. The van der Waals surface area contributed by atoms with Crippen LogP contribution in [-0.2, 0) is 12.7 Å². The van der Waals surface area contributed by atoms with Gasteiger partial charge in [-0.05, 0) is 17.7 Å². The minimum Gasteiger partial charge on any atom is -0.353 e. The molecular formula is C19H18F3N5. The first-order valence-electron chi connectivity index (χ1n) is 8.69. The van der Waals surface area contributed by atoms with Crippen molar-refractivity contribution >= 4 is 16.7 Å². The summed E-state index contributed by atoms with van der Waals surface area (Å²) < 4.78 is 39.6. The third-order valence-electron chi connectivity index (χ3n) is 4.81. The van der Waals surface area contributed by atoms with Gasteiger partial charge in [-0.3, -0.25) is 9.88 Å². The van der Waals surface area contributed by atoms with Crippen molar-refractivity contribution in [2.24, 2.45) is 0 Å². The molecule has 0 atom stereocenters. The second kappa shape index (κ2) is 7.11. The van der Waals surface area contributed by atoms with E-state index in [1.165, 1.54) is 12.4 Å². The molecule has 0 saturated carbocycles. The van der Waals surface area contributed by atoms with Crippen LogP contribution in [0.15, 0.2) is 49.1 Å². The summed E-state index contributed by atoms with van der Waals surface area (Å²) in [4.78, 5) is 16.9. The van der Waals surface area contributed by atoms with E-state index in [-0.39, 0.29) is 6.54 Å². The van der Waals surface area contributed by atoms with Gasteiger partial charge in [0.05, 0.1) is 17.3 Å². The van der Waals surface area contributed by atoms with Crippen molar-refractivity contribution in [3.63, 3.8) is 0 Å². The van der Waals surface area contributed by atoms with Crippen LogP contribution in [0.2, 0.25) is 0 Å². The lowest BCUT2D eigenvalue weighted by molar-refractivity contribution is -0.138. The maximum absolute atomic E-state index is 13.2. The monoisotopic (exact) mass is 373 g/mol. The smallest absolute Gasteiger partial charge is 0.353 e. The molecule has 1 aliphatic heterocycles. The molecule has 1 saturated heterocycles. The van der Waals surface area contributed by atoms with Crippen LogP contribution in [0, 0.1) is 0 Å². The minimum atomic E-state index is -4.33. The van der Waals surface area contributed by atoms with Crippen LogP contribution in [0.5, 0.6) is 0 Å². The van der Waals surface area contributed by atoms with Crippen molar-refractivity contribution in [1.29, 1.82) is 0 Å². The number of halogens is 3. The third-order valence-corrected chi connectivity index (χ3v) is 4.81. The van der Waals surface area contributed by atoms with E-state index in [1.807, 2.05) is 11.0 Å². The normalized spacial score (nSPS) is 16.0. The Balaban J connectivity index is 1.47. The van der Waals surface area contributed by atoms with Crippen molar-refractivity contribution in [1.82, 2.24) is 19.9 Å². The molecule has 8 heteroatoms. The molecule has 0 aliphatic carbocycles. The number of hydrogen-bond acceptors (Lipinski definition) is 5. The molecule has 0 bridgehead atoms. The summed E-state index contributed by atoms with van der Waals surface area (Å²) in [5.41, 5.74) is 0.544. The predicted molar refractivity (Wildman–Crippen MR) is 96.3 cm³/mol. The number of benzene rings is 1. The Bertz CT molecular complexity index is 931. The van der Waals surface area contributed by atoms with Gasteiger partial charge < -0.3 is 4.90 Å². The van der Waals surface area contributed by atoms with E-state index < -0.39 is 11.7 Å². The number of aromatic nitrogens is 3. The standard InChI is InChI=1S/C19H18F3N5/c20-19(21,22)16-4-2-1-3-14(16)12-26-7-9-27(10-8-26)18-15-5-6-23-11-17(15)24-13-25-18/h1-6,11,13H,7-10,12H2. The van der Waals surface area contributed by atoms with E-state index >= 15 is 0 Å². The lowest BCUT2D eigenvalue weighted by Gasteiger charge is -2.36. The molecule has 0 amide bonds. The number of alkyl halides is 3. The topological polar surface area (TPSA) is 45.2 Å². The second-order valence-electron chi connectivity index (χ2n) is 6.51. The van der Waals surface area contributed by atoms with Crippen LogP contribution in [0.3, 0.4) is 0 Å². The quantitative estimate of drug-likeness (QED) is 0.704. The van der Waals surface area contributed by atoms with Crippen molar-refractivity contribution in [3.05, 3.63) is 60.2 Å². The van der Waals surface area contributed by atoms with Gasteiger partial charge in [-0.2, -0.15) is 13.2 Å². The van der Waals surface area contributed by atoms with E-state index in [0.29, 0.717) is 31.7 Å². The van der Waals surface area contributed by atoms with Crippen molar-refractivity contribution in [3.8, 4) is 0 Å². The average Bonchev–Trinajstić information content (AvgIpc) is 2.68. The molecular weight excluding hydrogens is 355 g/mol. The molecule has 27 heavy (non-hydrogen) atoms. The van der Waals surface area contributed by atoms with Gasteiger partial charge >= 0.3 is 6.18 Å². The molecule has 0 radical (unpaired) electrons. The number of nitrogens with zero attached hydrogens (tertiary/aromatic N) is 5. The number of anilines is 1. The predicted octanol–water partition coefficient (Wildman–Crippen LogP) is 3.37. The van der Waals surface area contributed by atoms with Gasteiger partial charge in [0.1, 0.15) is 12.1 Å². The van der Waals surface area contributed by atoms with Gasteiger partial charge in [-0.25, -0.2) is 9.97 Å². The Morgan fingerprint density at radius 1 is 0.963 bits per heavy atom. The zero-order chi connectivity index (χ0) is 18.9. The Labute approximate surface area is 154 Å². The molecule has 0 unspecified atom stereocenters. The highest BCUT2D eigenvalue weighted by atomic mass is 19.4. The highest BCUT2D eigenvalue weighted by Crippen LogP contribution is 2.32. The summed E-state index contributed by atoms with van der Waals surface area (Å²) >= 11 is 0. The number of piperazine rings is 1. The number of hydrogen-bond donors (Lipinski definition) is 0. The van der Waals surface area contributed by atoms with Gasteiger partial charge in [-0.1, -0.05) is 18.2 Å². The molecule has 1 fully saturated rings. The van der Waals surface area contributed by atoms with E-state index in [0.717, 1.165) is 22.8 Å². The van der Waals surface area contributed by atoms with Gasteiger partial charge in [0.2, 0.25) is 0 Å². The molecule has 4 rings (SSSR count). The van der Waals surface area contributed by atoms with Crippen LogP contribution in [-0.4, -0.2) is 46.0 Å². The van der Waals surface area contributed by atoms with Crippen LogP contribution in [0.4, 0.5) is 19.0 Å². The summed E-state index contributed by atoms with van der Waals surface area (Å²) in [7, 11) is 0. The average molecular weight is 373 g/mol. The van der Waals surface area contributed by atoms with E-state index in [2.05, 4.69) is 19.9 Å². The first-order chi connectivity index (χ1) is 13.0. The largest absolute Gasteiger partial charge is 0.416 e. The van der Waals surface area contributed by atoms with Gasteiger partial charge in [-0.15, -0.1) is 0 Å². The molecule has 3 heterocycles. The fourth-order valence-electron chi connectivity index (χ4n) is 3.44. The van der Waals surface area contributed by atoms with Gasteiger partial charge in [0.15, 0.2) is 0 Å². The summed E-state index contributed by atoms with van der Waals surface area (Å²) in [5.74, 6) is 0.845. The fourth-order valence-corrected chi connectivity index (χ4v) is 3.44. The Hall–Kier alpha value is -2.74. The van der Waals surface area contributed by atoms with E-state index in [1.54, 1.807) is 24.5 Å². The Morgan fingerprint density at radius 3 is 2.52 bits per heavy atom. The number of fused-ring (bicyclic) bond motifs is 1. The van der Waals surface area contributed by atoms with Crippen molar-refractivity contribution < 1.29 is 13.2 Å². The zero-order valence-corrected chi connectivity index (χ0v) is 14.5. The minimum absolute atomic E-state index is 0.290.